The van der Waals surface area contributed by atoms with Crippen LogP contribution in [0.1, 0.15) is 6.42 Å². The van der Waals surface area contributed by atoms with Crippen molar-refractivity contribution in [3.63, 3.8) is 0 Å². The van der Waals surface area contributed by atoms with E-state index in [9.17, 15) is 8.42 Å². The van der Waals surface area contributed by atoms with E-state index < -0.39 is 10.0 Å². The second-order valence-corrected chi connectivity index (χ2v) is 7.93. The topological polar surface area (TPSA) is 79.9 Å². The summed E-state index contributed by atoms with van der Waals surface area (Å²) in [6.07, 6.45) is 1.03. The van der Waals surface area contributed by atoms with Gasteiger partial charge in [0.15, 0.2) is 0 Å². The van der Waals surface area contributed by atoms with Crippen molar-refractivity contribution in [1.29, 1.82) is 0 Å². The highest BCUT2D eigenvalue weighted by molar-refractivity contribution is 7.92. The highest BCUT2D eigenvalue weighted by Gasteiger charge is 2.20. The number of ether oxygens (including phenoxy) is 2. The molecule has 2 rings (SSSR count). The summed E-state index contributed by atoms with van der Waals surface area (Å²) < 4.78 is 38.2. The molecule has 0 saturated heterocycles. The second kappa shape index (κ2) is 9.48. The van der Waals surface area contributed by atoms with Gasteiger partial charge in [-0.25, -0.2) is 8.42 Å². The van der Waals surface area contributed by atoms with E-state index in [4.69, 9.17) is 9.47 Å². The lowest BCUT2D eigenvalue weighted by Crippen LogP contribution is -2.16. The highest BCUT2D eigenvalue weighted by atomic mass is 32.2. The first-order valence-electron chi connectivity index (χ1n) is 8.59. The molecule has 0 atom stereocenters. The third-order valence-corrected chi connectivity index (χ3v) is 5.33. The van der Waals surface area contributed by atoms with Crippen LogP contribution in [0, 0.1) is 0 Å². The van der Waals surface area contributed by atoms with E-state index in [2.05, 4.69) is 14.9 Å². The Morgan fingerprint density at radius 1 is 0.963 bits per heavy atom. The fraction of sp³-hybridized carbons (Fsp3) is 0.368. The summed E-state index contributed by atoms with van der Waals surface area (Å²) >= 11 is 0. The van der Waals surface area contributed by atoms with Crippen molar-refractivity contribution in [3.8, 4) is 11.5 Å². The quantitative estimate of drug-likeness (QED) is 0.604. The normalized spacial score (nSPS) is 11.3. The number of sulfonamides is 1. The molecule has 0 aliphatic carbocycles. The molecular formula is C19H27N3O4S. The van der Waals surface area contributed by atoms with E-state index >= 15 is 0 Å². The van der Waals surface area contributed by atoms with Gasteiger partial charge in [0.2, 0.25) is 0 Å². The highest BCUT2D eigenvalue weighted by Crippen LogP contribution is 2.30. The van der Waals surface area contributed by atoms with Crippen molar-refractivity contribution in [2.45, 2.75) is 11.3 Å². The Bertz CT molecular complexity index is 837. The molecule has 0 bridgehead atoms. The molecule has 7 nitrogen and oxygen atoms in total. The lowest BCUT2D eigenvalue weighted by atomic mass is 10.3. The zero-order chi connectivity index (χ0) is 19.9. The predicted molar refractivity (Wildman–Crippen MR) is 108 cm³/mol. The largest absolute Gasteiger partial charge is 0.497 e. The molecule has 0 fully saturated rings. The van der Waals surface area contributed by atoms with Crippen LogP contribution in [0.5, 0.6) is 11.5 Å². The summed E-state index contributed by atoms with van der Waals surface area (Å²) in [7, 11) is 3.23. The van der Waals surface area contributed by atoms with Crippen LogP contribution < -0.4 is 19.5 Å². The molecule has 2 aromatic carbocycles. The average molecular weight is 394 g/mol. The lowest BCUT2D eigenvalue weighted by molar-refractivity contribution is 0.386. The predicted octanol–water partition coefficient (Wildman–Crippen LogP) is 2.87. The molecule has 0 amide bonds. The third kappa shape index (κ3) is 6.04. The van der Waals surface area contributed by atoms with Gasteiger partial charge in [-0.1, -0.05) is 0 Å². The van der Waals surface area contributed by atoms with Crippen LogP contribution in [0.25, 0.3) is 0 Å². The zero-order valence-electron chi connectivity index (χ0n) is 16.2. The number of nitrogens with zero attached hydrogens (tertiary/aromatic N) is 1. The molecule has 0 unspecified atom stereocenters. The summed E-state index contributed by atoms with van der Waals surface area (Å²) in [6.45, 7) is 1.86. The SMILES string of the molecule is COc1ccc(S(=O)(=O)Nc2ccc(NCCCN(C)C)cc2)c(OC)c1. The summed E-state index contributed by atoms with van der Waals surface area (Å²) in [4.78, 5) is 2.18. The van der Waals surface area contributed by atoms with Gasteiger partial charge >= 0.3 is 0 Å². The van der Waals surface area contributed by atoms with Crippen molar-refractivity contribution in [2.24, 2.45) is 0 Å². The minimum Gasteiger partial charge on any atom is -0.497 e. The van der Waals surface area contributed by atoms with Crippen molar-refractivity contribution >= 4 is 21.4 Å². The Morgan fingerprint density at radius 2 is 1.63 bits per heavy atom. The summed E-state index contributed by atoms with van der Waals surface area (Å²) in [5.41, 5.74) is 1.42. The Hall–Kier alpha value is -2.45. The van der Waals surface area contributed by atoms with E-state index in [1.807, 2.05) is 26.2 Å². The van der Waals surface area contributed by atoms with E-state index in [1.54, 1.807) is 18.2 Å². The molecule has 0 saturated carbocycles. The fourth-order valence-electron chi connectivity index (χ4n) is 2.49. The van der Waals surface area contributed by atoms with Crippen molar-refractivity contribution in [1.82, 2.24) is 4.90 Å². The monoisotopic (exact) mass is 393 g/mol. The fourth-order valence-corrected chi connectivity index (χ4v) is 3.70. The molecule has 0 spiro atoms. The Labute approximate surface area is 161 Å². The Morgan fingerprint density at radius 3 is 2.22 bits per heavy atom. The molecule has 8 heteroatoms. The maximum absolute atomic E-state index is 12.7. The van der Waals surface area contributed by atoms with E-state index in [1.165, 1.54) is 26.4 Å². The van der Waals surface area contributed by atoms with Gasteiger partial charge in [0.25, 0.3) is 10.0 Å². The molecule has 2 aromatic rings. The Balaban J connectivity index is 2.05. The van der Waals surface area contributed by atoms with Crippen LogP contribution in [0.3, 0.4) is 0 Å². The molecule has 0 aliphatic rings. The first kappa shape index (κ1) is 20.9. The van der Waals surface area contributed by atoms with Crippen molar-refractivity contribution in [3.05, 3.63) is 42.5 Å². The van der Waals surface area contributed by atoms with Crippen LogP contribution in [-0.2, 0) is 10.0 Å². The molecule has 0 aromatic heterocycles. The standard InChI is InChI=1S/C19H27N3O4S/c1-22(2)13-5-12-20-15-6-8-16(9-7-15)21-27(23,24)19-11-10-17(25-3)14-18(19)26-4/h6-11,14,20-21H,5,12-13H2,1-4H3. The number of hydrogen-bond acceptors (Lipinski definition) is 6. The van der Waals surface area contributed by atoms with Gasteiger partial charge in [0.1, 0.15) is 16.4 Å². The molecular weight excluding hydrogens is 366 g/mol. The number of hydrogen-bond donors (Lipinski definition) is 2. The average Bonchev–Trinajstić information content (AvgIpc) is 2.65. The maximum Gasteiger partial charge on any atom is 0.265 e. The molecule has 0 heterocycles. The number of benzene rings is 2. The number of methoxy groups -OCH3 is 2. The summed E-state index contributed by atoms with van der Waals surface area (Å²) in [5, 5.41) is 3.31. The zero-order valence-corrected chi connectivity index (χ0v) is 17.0. The van der Waals surface area contributed by atoms with Gasteiger partial charge in [0, 0.05) is 24.0 Å². The van der Waals surface area contributed by atoms with Gasteiger partial charge in [-0.2, -0.15) is 0 Å². The van der Waals surface area contributed by atoms with E-state index in [-0.39, 0.29) is 10.6 Å². The van der Waals surface area contributed by atoms with Gasteiger partial charge in [-0.3, -0.25) is 4.72 Å². The maximum atomic E-state index is 12.7. The first-order valence-corrected chi connectivity index (χ1v) is 10.1. The minimum atomic E-state index is -3.78. The van der Waals surface area contributed by atoms with Crippen LogP contribution in [0.15, 0.2) is 47.4 Å². The molecule has 27 heavy (non-hydrogen) atoms. The first-order chi connectivity index (χ1) is 12.9. The Kier molecular flexibility index (Phi) is 7.32. The second-order valence-electron chi connectivity index (χ2n) is 6.28. The molecule has 0 aliphatic heterocycles. The summed E-state index contributed by atoms with van der Waals surface area (Å²) in [6, 6.07) is 11.7. The minimum absolute atomic E-state index is 0.0525. The number of anilines is 2. The smallest absolute Gasteiger partial charge is 0.265 e. The lowest BCUT2D eigenvalue weighted by Gasteiger charge is -2.13. The van der Waals surface area contributed by atoms with Crippen molar-refractivity contribution in [2.75, 3.05) is 51.4 Å². The molecule has 2 N–H and O–H groups in total. The van der Waals surface area contributed by atoms with E-state index in [0.717, 1.165) is 25.2 Å². The van der Waals surface area contributed by atoms with Gasteiger partial charge in [-0.15, -0.1) is 0 Å². The van der Waals surface area contributed by atoms with Gasteiger partial charge in [0.05, 0.1) is 14.2 Å². The third-order valence-electron chi connectivity index (χ3n) is 3.91. The van der Waals surface area contributed by atoms with E-state index in [0.29, 0.717) is 11.4 Å². The van der Waals surface area contributed by atoms with Crippen LogP contribution in [-0.4, -0.2) is 54.7 Å². The van der Waals surface area contributed by atoms with Crippen LogP contribution in [0.4, 0.5) is 11.4 Å². The summed E-state index contributed by atoms with van der Waals surface area (Å²) in [5.74, 6) is 0.747. The van der Waals surface area contributed by atoms with Crippen LogP contribution in [0.2, 0.25) is 0 Å². The molecule has 148 valence electrons. The van der Waals surface area contributed by atoms with Gasteiger partial charge in [-0.05, 0) is 63.5 Å². The van der Waals surface area contributed by atoms with Crippen molar-refractivity contribution < 1.29 is 17.9 Å². The molecule has 0 radical (unpaired) electrons. The number of rotatable bonds is 10. The van der Waals surface area contributed by atoms with Gasteiger partial charge < -0.3 is 19.7 Å². The number of nitrogens with one attached hydrogen (secondary N) is 2. The van der Waals surface area contributed by atoms with Crippen LogP contribution >= 0.6 is 0 Å².